The fraction of sp³-hybridized carbons (Fsp3) is 0.200. The maximum Gasteiger partial charge on any atom is 0.123 e. The van der Waals surface area contributed by atoms with E-state index in [0.717, 1.165) is 16.9 Å². The lowest BCUT2D eigenvalue weighted by atomic mass is 9.91. The number of ether oxygens (including phenoxy) is 1. The maximum atomic E-state index is 12.9. The molecule has 0 saturated carbocycles. The lowest BCUT2D eigenvalue weighted by Gasteiger charge is -2.16. The molecule has 2 N–H and O–H groups in total. The van der Waals surface area contributed by atoms with E-state index in [1.165, 1.54) is 12.1 Å². The highest BCUT2D eigenvalue weighted by Crippen LogP contribution is 2.26. The second kappa shape index (κ2) is 5.65. The van der Waals surface area contributed by atoms with Crippen LogP contribution < -0.4 is 10.5 Å². The Balaban J connectivity index is 2.35. The van der Waals surface area contributed by atoms with Gasteiger partial charge >= 0.3 is 0 Å². The first-order chi connectivity index (χ1) is 8.74. The van der Waals surface area contributed by atoms with E-state index >= 15 is 0 Å². The molecule has 0 aliphatic heterocycles. The van der Waals surface area contributed by atoms with Crippen molar-refractivity contribution in [1.82, 2.24) is 0 Å². The molecule has 2 aromatic rings. The van der Waals surface area contributed by atoms with E-state index in [0.29, 0.717) is 6.54 Å². The third-order valence-electron chi connectivity index (χ3n) is 3.00. The van der Waals surface area contributed by atoms with Crippen molar-refractivity contribution in [2.75, 3.05) is 13.7 Å². The number of hydrogen-bond donors (Lipinski definition) is 1. The smallest absolute Gasteiger partial charge is 0.123 e. The zero-order valence-corrected chi connectivity index (χ0v) is 10.3. The second-order valence-corrected chi connectivity index (χ2v) is 4.12. The second-order valence-electron chi connectivity index (χ2n) is 4.12. The number of benzene rings is 2. The molecule has 0 saturated heterocycles. The van der Waals surface area contributed by atoms with Crippen molar-refractivity contribution in [2.45, 2.75) is 5.92 Å². The standard InChI is InChI=1S/C15H16FNO/c1-18-14-4-2-3-12(9-14)15(10-17)11-5-7-13(16)8-6-11/h2-9,15H,10,17H2,1H3. The van der Waals surface area contributed by atoms with Crippen molar-refractivity contribution in [3.63, 3.8) is 0 Å². The average molecular weight is 245 g/mol. The molecule has 0 spiro atoms. The van der Waals surface area contributed by atoms with Crippen LogP contribution in [-0.4, -0.2) is 13.7 Å². The van der Waals surface area contributed by atoms with Crippen LogP contribution in [0.5, 0.6) is 5.75 Å². The quantitative estimate of drug-likeness (QED) is 0.898. The molecule has 1 atom stereocenters. The lowest BCUT2D eigenvalue weighted by Crippen LogP contribution is -2.13. The van der Waals surface area contributed by atoms with E-state index in [9.17, 15) is 4.39 Å². The average Bonchev–Trinajstić information content (AvgIpc) is 2.42. The van der Waals surface area contributed by atoms with Gasteiger partial charge in [0.25, 0.3) is 0 Å². The van der Waals surface area contributed by atoms with Gasteiger partial charge in [0.1, 0.15) is 11.6 Å². The van der Waals surface area contributed by atoms with Gasteiger partial charge in [0, 0.05) is 12.5 Å². The third kappa shape index (κ3) is 2.68. The third-order valence-corrected chi connectivity index (χ3v) is 3.00. The Labute approximate surface area is 106 Å². The zero-order chi connectivity index (χ0) is 13.0. The van der Waals surface area contributed by atoms with Crippen molar-refractivity contribution in [2.24, 2.45) is 5.73 Å². The molecule has 0 radical (unpaired) electrons. The van der Waals surface area contributed by atoms with Crippen LogP contribution in [-0.2, 0) is 0 Å². The number of hydrogen-bond acceptors (Lipinski definition) is 2. The van der Waals surface area contributed by atoms with Gasteiger partial charge in [0.15, 0.2) is 0 Å². The van der Waals surface area contributed by atoms with Gasteiger partial charge in [-0.3, -0.25) is 0 Å². The minimum absolute atomic E-state index is 0.0562. The minimum Gasteiger partial charge on any atom is -0.497 e. The fourth-order valence-corrected chi connectivity index (χ4v) is 2.02. The van der Waals surface area contributed by atoms with Crippen LogP contribution >= 0.6 is 0 Å². The Morgan fingerprint density at radius 1 is 1.11 bits per heavy atom. The number of methoxy groups -OCH3 is 1. The Morgan fingerprint density at radius 3 is 2.44 bits per heavy atom. The maximum absolute atomic E-state index is 12.9. The first-order valence-corrected chi connectivity index (χ1v) is 5.84. The summed E-state index contributed by atoms with van der Waals surface area (Å²) in [5.41, 5.74) is 7.91. The van der Waals surface area contributed by atoms with E-state index in [4.69, 9.17) is 10.5 Å². The first-order valence-electron chi connectivity index (χ1n) is 5.84. The number of halogens is 1. The van der Waals surface area contributed by atoms with Crippen LogP contribution in [0.4, 0.5) is 4.39 Å². The van der Waals surface area contributed by atoms with Crippen LogP contribution in [0.2, 0.25) is 0 Å². The molecule has 94 valence electrons. The van der Waals surface area contributed by atoms with Gasteiger partial charge in [0.05, 0.1) is 7.11 Å². The number of rotatable bonds is 4. The van der Waals surface area contributed by atoms with E-state index in [2.05, 4.69) is 0 Å². The molecule has 0 fully saturated rings. The van der Waals surface area contributed by atoms with Crippen molar-refractivity contribution >= 4 is 0 Å². The molecule has 0 aliphatic rings. The normalized spacial score (nSPS) is 12.2. The molecule has 1 unspecified atom stereocenters. The summed E-state index contributed by atoms with van der Waals surface area (Å²) in [5, 5.41) is 0. The monoisotopic (exact) mass is 245 g/mol. The largest absolute Gasteiger partial charge is 0.497 e. The molecule has 2 nitrogen and oxygen atoms in total. The summed E-state index contributed by atoms with van der Waals surface area (Å²) in [6, 6.07) is 14.2. The zero-order valence-electron chi connectivity index (χ0n) is 10.3. The van der Waals surface area contributed by atoms with Crippen LogP contribution in [0.3, 0.4) is 0 Å². The first kappa shape index (κ1) is 12.6. The van der Waals surface area contributed by atoms with Crippen molar-refractivity contribution in [3.8, 4) is 5.75 Å². The van der Waals surface area contributed by atoms with Gasteiger partial charge in [-0.2, -0.15) is 0 Å². The molecule has 2 aromatic carbocycles. The van der Waals surface area contributed by atoms with Crippen LogP contribution in [0, 0.1) is 5.82 Å². The van der Waals surface area contributed by atoms with E-state index in [1.54, 1.807) is 19.2 Å². The molecule has 0 aromatic heterocycles. The topological polar surface area (TPSA) is 35.2 Å². The molecule has 0 bridgehead atoms. The van der Waals surface area contributed by atoms with Gasteiger partial charge < -0.3 is 10.5 Å². The molecular weight excluding hydrogens is 229 g/mol. The summed E-state index contributed by atoms with van der Waals surface area (Å²) in [6.07, 6.45) is 0. The van der Waals surface area contributed by atoms with Crippen molar-refractivity contribution < 1.29 is 9.13 Å². The van der Waals surface area contributed by atoms with Crippen LogP contribution in [0.25, 0.3) is 0 Å². The molecular formula is C15H16FNO. The van der Waals surface area contributed by atoms with Crippen LogP contribution in [0.1, 0.15) is 17.0 Å². The Morgan fingerprint density at radius 2 is 1.83 bits per heavy atom. The molecule has 0 heterocycles. The highest BCUT2D eigenvalue weighted by atomic mass is 19.1. The Kier molecular flexibility index (Phi) is 3.95. The molecule has 0 amide bonds. The van der Waals surface area contributed by atoms with E-state index in [-0.39, 0.29) is 11.7 Å². The van der Waals surface area contributed by atoms with Gasteiger partial charge in [-0.15, -0.1) is 0 Å². The van der Waals surface area contributed by atoms with Gasteiger partial charge in [-0.25, -0.2) is 4.39 Å². The van der Waals surface area contributed by atoms with E-state index in [1.807, 2.05) is 24.3 Å². The van der Waals surface area contributed by atoms with Crippen LogP contribution in [0.15, 0.2) is 48.5 Å². The van der Waals surface area contributed by atoms with Crippen molar-refractivity contribution in [3.05, 3.63) is 65.5 Å². The lowest BCUT2D eigenvalue weighted by molar-refractivity contribution is 0.414. The molecule has 2 rings (SSSR count). The van der Waals surface area contributed by atoms with Gasteiger partial charge in [-0.1, -0.05) is 24.3 Å². The Hall–Kier alpha value is -1.87. The predicted molar refractivity (Wildman–Crippen MR) is 70.3 cm³/mol. The summed E-state index contributed by atoms with van der Waals surface area (Å²) in [6.45, 7) is 0.471. The predicted octanol–water partition coefficient (Wildman–Crippen LogP) is 2.92. The summed E-state index contributed by atoms with van der Waals surface area (Å²) in [4.78, 5) is 0. The Bertz CT molecular complexity index is 510. The highest BCUT2D eigenvalue weighted by Gasteiger charge is 2.13. The highest BCUT2D eigenvalue weighted by molar-refractivity contribution is 5.37. The fourth-order valence-electron chi connectivity index (χ4n) is 2.02. The molecule has 0 aliphatic carbocycles. The van der Waals surface area contributed by atoms with Gasteiger partial charge in [0.2, 0.25) is 0 Å². The molecule has 18 heavy (non-hydrogen) atoms. The SMILES string of the molecule is COc1cccc(C(CN)c2ccc(F)cc2)c1. The summed E-state index contributed by atoms with van der Waals surface area (Å²) < 4.78 is 18.1. The van der Waals surface area contributed by atoms with Gasteiger partial charge in [-0.05, 0) is 35.4 Å². The minimum atomic E-state index is -0.236. The van der Waals surface area contributed by atoms with E-state index < -0.39 is 0 Å². The number of nitrogens with two attached hydrogens (primary N) is 1. The summed E-state index contributed by atoms with van der Waals surface area (Å²) in [5.74, 6) is 0.619. The summed E-state index contributed by atoms with van der Waals surface area (Å²) in [7, 11) is 1.63. The summed E-state index contributed by atoms with van der Waals surface area (Å²) >= 11 is 0. The molecule has 3 heteroatoms. The van der Waals surface area contributed by atoms with Crippen molar-refractivity contribution in [1.29, 1.82) is 0 Å².